The van der Waals surface area contributed by atoms with Crippen LogP contribution in [-0.4, -0.2) is 56.8 Å². The number of likely N-dealkylation sites (tertiary alicyclic amines) is 1. The Kier molecular flexibility index (Phi) is 7.79. The van der Waals surface area contributed by atoms with E-state index in [2.05, 4.69) is 10.2 Å². The number of fused-ring (bicyclic) bond motifs is 1. The molecule has 198 valence electrons. The normalized spacial score (nSPS) is 16.5. The maximum absolute atomic E-state index is 13.3. The predicted molar refractivity (Wildman–Crippen MR) is 136 cm³/mol. The van der Waals surface area contributed by atoms with E-state index in [-0.39, 0.29) is 23.1 Å². The lowest BCUT2D eigenvalue weighted by atomic mass is 10.0. The lowest BCUT2D eigenvalue weighted by Gasteiger charge is -2.18. The average molecular weight is 515 g/mol. The van der Waals surface area contributed by atoms with Gasteiger partial charge < -0.3 is 23.9 Å². The Morgan fingerprint density at radius 2 is 1.86 bits per heavy atom. The summed E-state index contributed by atoms with van der Waals surface area (Å²) in [4.78, 5) is 15.4. The molecule has 2 aliphatic rings. The number of amides is 1. The van der Waals surface area contributed by atoms with E-state index in [1.54, 1.807) is 12.3 Å². The highest BCUT2D eigenvalue weighted by Crippen LogP contribution is 2.40. The van der Waals surface area contributed by atoms with Crippen molar-refractivity contribution >= 4 is 16.9 Å². The van der Waals surface area contributed by atoms with Gasteiger partial charge in [0.25, 0.3) is 5.91 Å². The SMILES string of the molecule is COc1cc(-c2coc3cc(OCCN4CCCC4)ccc23)cc(OC(F)F)c1C(=O)NC1CCCC1. The monoisotopic (exact) mass is 514 g/mol. The van der Waals surface area contributed by atoms with Crippen molar-refractivity contribution in [2.45, 2.75) is 51.2 Å². The molecule has 1 aliphatic carbocycles. The summed E-state index contributed by atoms with van der Waals surface area (Å²) in [6.07, 6.45) is 7.81. The summed E-state index contributed by atoms with van der Waals surface area (Å²) < 4.78 is 48.7. The minimum atomic E-state index is -3.10. The predicted octanol–water partition coefficient (Wildman–Crippen LogP) is 5.86. The molecule has 1 aromatic heterocycles. The molecule has 1 aliphatic heterocycles. The minimum absolute atomic E-state index is 0.0147. The molecular weight excluding hydrogens is 482 g/mol. The molecule has 0 bridgehead atoms. The average Bonchev–Trinajstić information content (AvgIpc) is 3.65. The van der Waals surface area contributed by atoms with Crippen LogP contribution in [0.2, 0.25) is 0 Å². The van der Waals surface area contributed by atoms with E-state index in [9.17, 15) is 13.6 Å². The van der Waals surface area contributed by atoms with Gasteiger partial charge in [0.1, 0.15) is 35.0 Å². The van der Waals surface area contributed by atoms with E-state index in [1.165, 1.54) is 26.0 Å². The second kappa shape index (κ2) is 11.4. The van der Waals surface area contributed by atoms with Gasteiger partial charge in [-0.3, -0.25) is 9.69 Å². The summed E-state index contributed by atoms with van der Waals surface area (Å²) in [5, 5.41) is 3.71. The Hall–Kier alpha value is -3.33. The Labute approximate surface area is 214 Å². The van der Waals surface area contributed by atoms with Crippen molar-refractivity contribution in [3.63, 3.8) is 0 Å². The first-order valence-corrected chi connectivity index (χ1v) is 12.9. The summed E-state index contributed by atoms with van der Waals surface area (Å²) in [6, 6.07) is 8.65. The van der Waals surface area contributed by atoms with E-state index in [4.69, 9.17) is 18.6 Å². The van der Waals surface area contributed by atoms with Crippen molar-refractivity contribution in [3.8, 4) is 28.4 Å². The Morgan fingerprint density at radius 3 is 2.59 bits per heavy atom. The molecule has 0 unspecified atom stereocenters. The molecule has 0 spiro atoms. The number of benzene rings is 2. The van der Waals surface area contributed by atoms with Gasteiger partial charge in [0.15, 0.2) is 0 Å². The summed E-state index contributed by atoms with van der Waals surface area (Å²) in [6.45, 7) is 0.612. The number of furan rings is 1. The molecule has 1 N–H and O–H groups in total. The topological polar surface area (TPSA) is 73.2 Å². The maximum atomic E-state index is 13.3. The van der Waals surface area contributed by atoms with Gasteiger partial charge in [-0.1, -0.05) is 12.8 Å². The second-order valence-corrected chi connectivity index (χ2v) is 9.59. The van der Waals surface area contributed by atoms with Crippen molar-refractivity contribution in [2.24, 2.45) is 0 Å². The first kappa shape index (κ1) is 25.3. The number of nitrogens with one attached hydrogen (secondary N) is 1. The molecule has 3 aromatic rings. The molecule has 1 amide bonds. The van der Waals surface area contributed by atoms with E-state index >= 15 is 0 Å². The van der Waals surface area contributed by atoms with Gasteiger partial charge >= 0.3 is 6.61 Å². The number of carbonyl (C=O) groups excluding carboxylic acids is 1. The number of alkyl halides is 2. The van der Waals surface area contributed by atoms with Crippen LogP contribution in [0, 0.1) is 0 Å². The third-order valence-corrected chi connectivity index (χ3v) is 7.15. The van der Waals surface area contributed by atoms with Gasteiger partial charge in [0.05, 0.1) is 13.4 Å². The van der Waals surface area contributed by atoms with Gasteiger partial charge in [-0.05, 0) is 68.6 Å². The van der Waals surface area contributed by atoms with Crippen molar-refractivity contribution < 1.29 is 32.2 Å². The number of carbonyl (C=O) groups is 1. The third kappa shape index (κ3) is 5.82. The smallest absolute Gasteiger partial charge is 0.387 e. The zero-order valence-corrected chi connectivity index (χ0v) is 20.9. The number of rotatable bonds is 10. The minimum Gasteiger partial charge on any atom is -0.496 e. The second-order valence-electron chi connectivity index (χ2n) is 9.59. The molecule has 7 nitrogen and oxygen atoms in total. The molecule has 0 radical (unpaired) electrons. The molecule has 5 rings (SSSR count). The number of halogens is 2. The number of methoxy groups -OCH3 is 1. The lowest BCUT2D eigenvalue weighted by Crippen LogP contribution is -2.33. The molecule has 37 heavy (non-hydrogen) atoms. The van der Waals surface area contributed by atoms with Crippen molar-refractivity contribution in [1.29, 1.82) is 0 Å². The summed E-state index contributed by atoms with van der Waals surface area (Å²) in [5.74, 6) is 0.125. The molecule has 9 heteroatoms. The van der Waals surface area contributed by atoms with E-state index in [1.807, 2.05) is 18.2 Å². The van der Waals surface area contributed by atoms with Crippen LogP contribution in [0.4, 0.5) is 8.78 Å². The summed E-state index contributed by atoms with van der Waals surface area (Å²) >= 11 is 0. The molecule has 0 atom stereocenters. The van der Waals surface area contributed by atoms with Crippen LogP contribution in [0.15, 0.2) is 41.0 Å². The zero-order chi connectivity index (χ0) is 25.8. The zero-order valence-electron chi connectivity index (χ0n) is 20.9. The fraction of sp³-hybridized carbons (Fsp3) is 0.464. The van der Waals surface area contributed by atoms with Crippen LogP contribution in [-0.2, 0) is 0 Å². The Morgan fingerprint density at radius 1 is 1.11 bits per heavy atom. The fourth-order valence-corrected chi connectivity index (χ4v) is 5.27. The van der Waals surface area contributed by atoms with Crippen LogP contribution >= 0.6 is 0 Å². The largest absolute Gasteiger partial charge is 0.496 e. The number of hydrogen-bond donors (Lipinski definition) is 1. The van der Waals surface area contributed by atoms with E-state index in [0.29, 0.717) is 29.1 Å². The van der Waals surface area contributed by atoms with Crippen molar-refractivity contribution in [3.05, 3.63) is 42.2 Å². The van der Waals surface area contributed by atoms with Gasteiger partial charge in [-0.2, -0.15) is 8.78 Å². The molecule has 2 heterocycles. The van der Waals surface area contributed by atoms with Gasteiger partial charge in [-0.15, -0.1) is 0 Å². The highest BCUT2D eigenvalue weighted by molar-refractivity contribution is 6.02. The van der Waals surface area contributed by atoms with Gasteiger partial charge in [0.2, 0.25) is 0 Å². The highest BCUT2D eigenvalue weighted by atomic mass is 19.3. The highest BCUT2D eigenvalue weighted by Gasteiger charge is 2.26. The number of hydrogen-bond acceptors (Lipinski definition) is 6. The first-order chi connectivity index (χ1) is 18.0. The fourth-order valence-electron chi connectivity index (χ4n) is 5.27. The van der Waals surface area contributed by atoms with Crippen LogP contribution in [0.25, 0.3) is 22.1 Å². The Bertz CT molecular complexity index is 1230. The first-order valence-electron chi connectivity index (χ1n) is 12.9. The standard InChI is InChI=1S/C28H32F2N2O5/c1-34-24-14-18(15-25(37-28(29)30)26(24)27(33)31-19-6-2-3-7-19)22-17-36-23-16-20(8-9-21(22)23)35-13-12-32-10-4-5-11-32/h8-9,14-17,19,28H,2-7,10-13H2,1H3,(H,31,33). The molecule has 1 saturated carbocycles. The number of nitrogens with zero attached hydrogens (tertiary/aromatic N) is 1. The Balaban J connectivity index is 1.41. The number of ether oxygens (including phenoxy) is 3. The summed E-state index contributed by atoms with van der Waals surface area (Å²) in [5.41, 5.74) is 1.76. The molecular formula is C28H32F2N2O5. The molecule has 2 aromatic carbocycles. The van der Waals surface area contributed by atoms with Gasteiger partial charge in [0, 0.05) is 29.6 Å². The van der Waals surface area contributed by atoms with Crippen LogP contribution in [0.3, 0.4) is 0 Å². The van der Waals surface area contributed by atoms with E-state index < -0.39 is 12.5 Å². The van der Waals surface area contributed by atoms with E-state index in [0.717, 1.165) is 50.7 Å². The van der Waals surface area contributed by atoms with Crippen LogP contribution in [0.5, 0.6) is 17.2 Å². The maximum Gasteiger partial charge on any atom is 0.387 e. The van der Waals surface area contributed by atoms with Crippen LogP contribution in [0.1, 0.15) is 48.9 Å². The summed E-state index contributed by atoms with van der Waals surface area (Å²) in [7, 11) is 1.40. The third-order valence-electron chi connectivity index (χ3n) is 7.15. The van der Waals surface area contributed by atoms with Crippen molar-refractivity contribution in [1.82, 2.24) is 10.2 Å². The molecule has 2 fully saturated rings. The molecule has 1 saturated heterocycles. The quantitative estimate of drug-likeness (QED) is 0.366. The van der Waals surface area contributed by atoms with Crippen molar-refractivity contribution in [2.75, 3.05) is 33.4 Å². The lowest BCUT2D eigenvalue weighted by molar-refractivity contribution is -0.0502. The van der Waals surface area contributed by atoms with Gasteiger partial charge in [-0.25, -0.2) is 0 Å². The van der Waals surface area contributed by atoms with Crippen LogP contribution < -0.4 is 19.5 Å².